The molecule has 0 amide bonds. The number of rotatable bonds is 5. The topological polar surface area (TPSA) is 41.3 Å². The Kier molecular flexibility index (Phi) is 4.29. The minimum Gasteiger partial charge on any atom is -0.392 e. The number of aryl methyl sites for hydroxylation is 1. The van der Waals surface area contributed by atoms with Gasteiger partial charge < -0.3 is 5.11 Å². The molecule has 0 spiro atoms. The van der Waals surface area contributed by atoms with Crippen LogP contribution in [0.15, 0.2) is 12.4 Å². The van der Waals surface area contributed by atoms with Gasteiger partial charge in [-0.3, -0.25) is 9.58 Å². The molecule has 0 aliphatic heterocycles. The third-order valence-corrected chi connectivity index (χ3v) is 2.48. The lowest BCUT2D eigenvalue weighted by Gasteiger charge is -2.22. The van der Waals surface area contributed by atoms with Crippen molar-refractivity contribution < 1.29 is 5.11 Å². The van der Waals surface area contributed by atoms with Gasteiger partial charge in [-0.25, -0.2) is 0 Å². The van der Waals surface area contributed by atoms with Crippen LogP contribution in [0.1, 0.15) is 19.4 Å². The van der Waals surface area contributed by atoms with Crippen molar-refractivity contribution in [2.24, 2.45) is 13.0 Å². The first kappa shape index (κ1) is 12.2. The van der Waals surface area contributed by atoms with Crippen LogP contribution >= 0.6 is 0 Å². The highest BCUT2D eigenvalue weighted by atomic mass is 16.3. The molecule has 1 heterocycles. The number of hydrogen-bond donors (Lipinski definition) is 1. The standard InChI is InChI=1S/C11H21N3O/c1-9(2)11(15)8-13(3)6-10-5-12-14(4)7-10/h5,7,9,11,15H,6,8H2,1-4H3. The number of nitrogens with zero attached hydrogens (tertiary/aromatic N) is 3. The second-order valence-corrected chi connectivity index (χ2v) is 4.53. The Bertz CT molecular complexity index is 296. The van der Waals surface area contributed by atoms with Crippen LogP contribution in [-0.2, 0) is 13.6 Å². The van der Waals surface area contributed by atoms with E-state index in [0.717, 1.165) is 6.54 Å². The summed E-state index contributed by atoms with van der Waals surface area (Å²) in [5, 5.41) is 13.8. The van der Waals surface area contributed by atoms with E-state index in [0.29, 0.717) is 12.5 Å². The SMILES string of the molecule is CC(C)C(O)CN(C)Cc1cnn(C)c1. The molecule has 0 aromatic carbocycles. The van der Waals surface area contributed by atoms with Crippen molar-refractivity contribution in [3.05, 3.63) is 18.0 Å². The van der Waals surface area contributed by atoms with Gasteiger partial charge in [-0.15, -0.1) is 0 Å². The Labute approximate surface area is 91.5 Å². The maximum atomic E-state index is 9.72. The van der Waals surface area contributed by atoms with E-state index in [9.17, 15) is 5.11 Å². The molecule has 0 aliphatic rings. The van der Waals surface area contributed by atoms with Crippen LogP contribution in [0, 0.1) is 5.92 Å². The molecule has 0 saturated heterocycles. The fourth-order valence-corrected chi connectivity index (χ4v) is 1.46. The molecule has 4 heteroatoms. The number of likely N-dealkylation sites (N-methyl/N-ethyl adjacent to an activating group) is 1. The van der Waals surface area contributed by atoms with Crippen molar-refractivity contribution in [3.63, 3.8) is 0 Å². The molecule has 1 aromatic rings. The van der Waals surface area contributed by atoms with E-state index in [4.69, 9.17) is 0 Å². The first-order valence-electron chi connectivity index (χ1n) is 5.33. The molecule has 15 heavy (non-hydrogen) atoms. The third-order valence-electron chi connectivity index (χ3n) is 2.48. The zero-order valence-corrected chi connectivity index (χ0v) is 10.0. The Balaban J connectivity index is 2.39. The molecule has 0 fully saturated rings. The first-order valence-corrected chi connectivity index (χ1v) is 5.33. The second-order valence-electron chi connectivity index (χ2n) is 4.53. The van der Waals surface area contributed by atoms with E-state index in [2.05, 4.69) is 10.00 Å². The molecule has 1 N–H and O–H groups in total. The highest BCUT2D eigenvalue weighted by molar-refractivity contribution is 5.02. The van der Waals surface area contributed by atoms with Gasteiger partial charge in [0.2, 0.25) is 0 Å². The monoisotopic (exact) mass is 211 g/mol. The maximum absolute atomic E-state index is 9.72. The zero-order chi connectivity index (χ0) is 11.4. The summed E-state index contributed by atoms with van der Waals surface area (Å²) in [6.07, 6.45) is 3.60. The van der Waals surface area contributed by atoms with Crippen molar-refractivity contribution in [1.29, 1.82) is 0 Å². The summed E-state index contributed by atoms with van der Waals surface area (Å²) in [7, 11) is 3.92. The molecule has 0 aliphatic carbocycles. The molecular formula is C11H21N3O. The van der Waals surface area contributed by atoms with E-state index < -0.39 is 0 Å². The molecule has 0 radical (unpaired) electrons. The lowest BCUT2D eigenvalue weighted by Crippen LogP contribution is -2.31. The summed E-state index contributed by atoms with van der Waals surface area (Å²) in [6, 6.07) is 0. The molecule has 1 atom stereocenters. The van der Waals surface area contributed by atoms with Gasteiger partial charge in [0, 0.05) is 31.9 Å². The minimum atomic E-state index is -0.258. The number of aliphatic hydroxyl groups excluding tert-OH is 1. The zero-order valence-electron chi connectivity index (χ0n) is 10.0. The molecule has 1 unspecified atom stereocenters. The summed E-state index contributed by atoms with van der Waals surface area (Å²) in [5.41, 5.74) is 1.18. The van der Waals surface area contributed by atoms with Gasteiger partial charge in [-0.1, -0.05) is 13.8 Å². The predicted octanol–water partition coefficient (Wildman–Crippen LogP) is 0.869. The maximum Gasteiger partial charge on any atom is 0.0689 e. The average molecular weight is 211 g/mol. The van der Waals surface area contributed by atoms with Crippen LogP contribution in [0.2, 0.25) is 0 Å². The summed E-state index contributed by atoms with van der Waals surface area (Å²) in [4.78, 5) is 2.11. The molecule has 1 rings (SSSR count). The second kappa shape index (κ2) is 5.28. The van der Waals surface area contributed by atoms with Crippen molar-refractivity contribution in [1.82, 2.24) is 14.7 Å². The van der Waals surface area contributed by atoms with Gasteiger partial charge in [-0.05, 0) is 13.0 Å². The number of aliphatic hydroxyl groups is 1. The van der Waals surface area contributed by atoms with Crippen molar-refractivity contribution in [2.75, 3.05) is 13.6 Å². The lowest BCUT2D eigenvalue weighted by atomic mass is 10.1. The molecule has 0 bridgehead atoms. The Morgan fingerprint density at radius 1 is 1.53 bits per heavy atom. The van der Waals surface area contributed by atoms with Crippen LogP contribution in [-0.4, -0.2) is 39.5 Å². The van der Waals surface area contributed by atoms with E-state index >= 15 is 0 Å². The summed E-state index contributed by atoms with van der Waals surface area (Å²) >= 11 is 0. The van der Waals surface area contributed by atoms with Crippen LogP contribution in [0.5, 0.6) is 0 Å². The molecule has 1 aromatic heterocycles. The molecule has 86 valence electrons. The third kappa shape index (κ3) is 4.01. The van der Waals surface area contributed by atoms with Gasteiger partial charge in [0.05, 0.1) is 12.3 Å². The summed E-state index contributed by atoms with van der Waals surface area (Å²) in [6.45, 7) is 5.59. The fourth-order valence-electron chi connectivity index (χ4n) is 1.46. The average Bonchev–Trinajstić information content (AvgIpc) is 2.50. The number of hydrogen-bond acceptors (Lipinski definition) is 3. The first-order chi connectivity index (χ1) is 6.99. The van der Waals surface area contributed by atoms with Gasteiger partial charge in [0.15, 0.2) is 0 Å². The predicted molar refractivity (Wildman–Crippen MR) is 60.4 cm³/mol. The van der Waals surface area contributed by atoms with E-state index in [1.54, 1.807) is 4.68 Å². The summed E-state index contributed by atoms with van der Waals surface area (Å²) in [5.74, 6) is 0.307. The molecular weight excluding hydrogens is 190 g/mol. The van der Waals surface area contributed by atoms with Gasteiger partial charge in [0.25, 0.3) is 0 Å². The largest absolute Gasteiger partial charge is 0.392 e. The van der Waals surface area contributed by atoms with Crippen LogP contribution in [0.25, 0.3) is 0 Å². The smallest absolute Gasteiger partial charge is 0.0689 e. The molecule has 0 saturated carbocycles. The van der Waals surface area contributed by atoms with Crippen molar-refractivity contribution >= 4 is 0 Å². The van der Waals surface area contributed by atoms with Gasteiger partial charge >= 0.3 is 0 Å². The Morgan fingerprint density at radius 3 is 2.67 bits per heavy atom. The Morgan fingerprint density at radius 2 is 2.20 bits per heavy atom. The molecule has 4 nitrogen and oxygen atoms in total. The van der Waals surface area contributed by atoms with Gasteiger partial charge in [0.1, 0.15) is 0 Å². The van der Waals surface area contributed by atoms with E-state index in [-0.39, 0.29) is 6.10 Å². The minimum absolute atomic E-state index is 0.258. The quantitative estimate of drug-likeness (QED) is 0.785. The highest BCUT2D eigenvalue weighted by Gasteiger charge is 2.12. The highest BCUT2D eigenvalue weighted by Crippen LogP contribution is 2.06. The van der Waals surface area contributed by atoms with Crippen LogP contribution in [0.3, 0.4) is 0 Å². The summed E-state index contributed by atoms with van der Waals surface area (Å²) < 4.78 is 1.79. The van der Waals surface area contributed by atoms with Crippen LogP contribution in [0.4, 0.5) is 0 Å². The normalized spacial score (nSPS) is 13.8. The van der Waals surface area contributed by atoms with E-state index in [1.165, 1.54) is 5.56 Å². The van der Waals surface area contributed by atoms with Crippen LogP contribution < -0.4 is 0 Å². The Hall–Kier alpha value is -0.870. The number of aromatic nitrogens is 2. The van der Waals surface area contributed by atoms with Crippen molar-refractivity contribution in [3.8, 4) is 0 Å². The van der Waals surface area contributed by atoms with Crippen molar-refractivity contribution in [2.45, 2.75) is 26.5 Å². The lowest BCUT2D eigenvalue weighted by molar-refractivity contribution is 0.0838. The van der Waals surface area contributed by atoms with E-state index in [1.807, 2.05) is 40.3 Å². The van der Waals surface area contributed by atoms with Gasteiger partial charge in [-0.2, -0.15) is 5.10 Å². The fraction of sp³-hybridized carbons (Fsp3) is 0.727.